The van der Waals surface area contributed by atoms with E-state index in [4.69, 9.17) is 9.15 Å². The normalized spacial score (nSPS) is 14.6. The van der Waals surface area contributed by atoms with Crippen molar-refractivity contribution in [3.63, 3.8) is 0 Å². The van der Waals surface area contributed by atoms with Gasteiger partial charge in [0.15, 0.2) is 5.88 Å². The third kappa shape index (κ3) is 20.0. The van der Waals surface area contributed by atoms with Crippen molar-refractivity contribution in [1.82, 2.24) is 18.6 Å². The molecule has 11 rings (SSSR count). The lowest BCUT2D eigenvalue weighted by Gasteiger charge is -2.18. The number of ether oxygens (including phenoxy) is 1. The topological polar surface area (TPSA) is 257 Å². The molecule has 33 heteroatoms. The number of imidazole rings is 1. The Labute approximate surface area is 652 Å². The summed E-state index contributed by atoms with van der Waals surface area (Å²) < 4.78 is 87.0. The van der Waals surface area contributed by atoms with Gasteiger partial charge in [-0.1, -0.05) is 82.0 Å². The number of thioether (sulfide) groups is 9. The summed E-state index contributed by atoms with van der Waals surface area (Å²) >= 11 is 18.5. The van der Waals surface area contributed by atoms with Crippen LogP contribution >= 0.6 is 129 Å². The Morgan fingerprint density at radius 3 is 1.74 bits per heavy atom. The standard InChI is InChI=1S/C31H36N4O6S6.C26H32N3OS5.2C7H8O3S/c1-32-19-12-23(44-4)25(46-6)14-21(19)47-31(32)29-30(39)34(16-28(37)38)26(33(29)7-9-40-10-8-36)15-27-35(17-42-2)18-11-22(43-3)24(45-5)13-20(18)41-27;1-8-27-16(4)17(5)33-23(27)12-11-19-26(30)29(10-3)25(34-19)15-24-28(9-2)18-13-21(31-6)22(32-7)14-20(18)35-24;2*1-6-2-4-7(5-3-6)11(8,9)10/h11-15,36H,7-10,16-17H2,1-6H3;11-15H,8-10H2,1-7H3;2*2-5H,1H3,(H,8,9,10)/q;+1;;/p-1/b31-29-;19-11+,23-12-;;. The van der Waals surface area contributed by atoms with Gasteiger partial charge in [-0.15, -0.1) is 86.5 Å². The van der Waals surface area contributed by atoms with Gasteiger partial charge < -0.3 is 42.8 Å². The molecule has 2 aliphatic heterocycles. The van der Waals surface area contributed by atoms with E-state index in [1.54, 1.807) is 147 Å². The number of aliphatic hydroxyl groups excluding tert-OH is 1. The number of aliphatic carboxylic acids is 1. The Morgan fingerprint density at radius 2 is 1.21 bits per heavy atom. The Bertz CT molecular complexity index is 5260. The maximum atomic E-state index is 14.4. The second-order valence-electron chi connectivity index (χ2n) is 22.8. The molecule has 6 heterocycles. The van der Waals surface area contributed by atoms with Gasteiger partial charge in [-0.3, -0.25) is 23.5 Å². The summed E-state index contributed by atoms with van der Waals surface area (Å²) in [5.74, 6) is -0.0503. The van der Waals surface area contributed by atoms with E-state index in [9.17, 15) is 50.5 Å². The monoisotopic (exact) mass is 1660 g/mol. The van der Waals surface area contributed by atoms with E-state index in [1.165, 1.54) is 81.2 Å². The van der Waals surface area contributed by atoms with E-state index in [1.807, 2.05) is 89.8 Å². The molecule has 0 atom stereocenters. The Balaban J connectivity index is 0.000000207. The number of rotatable bonds is 23. The van der Waals surface area contributed by atoms with Crippen molar-refractivity contribution < 1.29 is 59.2 Å². The molecule has 0 saturated carbocycles. The van der Waals surface area contributed by atoms with Gasteiger partial charge in [-0.25, -0.2) is 16.8 Å². The van der Waals surface area contributed by atoms with Crippen LogP contribution in [0.25, 0.3) is 44.6 Å². The maximum absolute atomic E-state index is 14.4. The van der Waals surface area contributed by atoms with Crippen LogP contribution in [-0.2, 0) is 61.8 Å². The summed E-state index contributed by atoms with van der Waals surface area (Å²) in [4.78, 5) is 53.3. The first kappa shape index (κ1) is 84.4. The predicted octanol–water partition coefficient (Wildman–Crippen LogP) is 11.6. The molecule has 0 fully saturated rings. The minimum atomic E-state index is -4.27. The molecule has 104 heavy (non-hydrogen) atoms. The lowest BCUT2D eigenvalue weighted by molar-refractivity contribution is -0.665. The summed E-state index contributed by atoms with van der Waals surface area (Å²) in [6, 6.07) is 24.6. The molecule has 9 aromatic rings. The van der Waals surface area contributed by atoms with Crippen LogP contribution in [0.4, 0.5) is 5.69 Å². The maximum Gasteiger partial charge on any atom is 0.378 e. The van der Waals surface area contributed by atoms with Crippen molar-refractivity contribution in [2.24, 2.45) is 0 Å². The number of aryl methyl sites for hydroxylation is 3. The first-order chi connectivity index (χ1) is 49.6. The number of carbonyl (C=O) groups is 1. The molecule has 2 aliphatic rings. The van der Waals surface area contributed by atoms with Gasteiger partial charge in [-0.2, -0.15) is 4.57 Å². The molecule has 5 aromatic carbocycles. The number of anilines is 1. The summed E-state index contributed by atoms with van der Waals surface area (Å²) in [5.41, 5.74) is 7.07. The van der Waals surface area contributed by atoms with Crippen molar-refractivity contribution in [3.8, 4) is 0 Å². The van der Waals surface area contributed by atoms with Gasteiger partial charge in [0.1, 0.15) is 58.5 Å². The number of nitrogens with zero attached hydrogens (tertiary/aromatic N) is 7. The first-order valence-corrected chi connectivity index (χ1v) is 47.0. The third-order valence-electron chi connectivity index (χ3n) is 16.3. The molecule has 0 unspecified atom stereocenters. The van der Waals surface area contributed by atoms with Crippen LogP contribution < -0.4 is 45.2 Å². The molecule has 0 spiro atoms. The zero-order chi connectivity index (χ0) is 76.1. The lowest BCUT2D eigenvalue weighted by atomic mass is 10.2. The highest BCUT2D eigenvalue weighted by Crippen LogP contribution is 2.49. The Hall–Kier alpha value is -5.18. The number of fused-ring (bicyclic) bond motifs is 3. The smallest absolute Gasteiger partial charge is 0.378 e. The zero-order valence-corrected chi connectivity index (χ0v) is 70.7. The SMILES string of the molecule is CCN1C(C)=C(C)S/C1=C\C=c1\sc(=Cc2sc3cc(SC)c(SC)cc3[n+]2CC)n(CC)c1=O.CSC[n+]1c(C=c2n(CC(=O)O)c(=O)/c(=C3/Sc4cc(SC)c(SC)cc4N3C)n2CCOCCO)oc2cc(SC)c(SC)cc21.Cc1ccc(S(=O)(=O)[O-])cc1.Cc1ccc(S(=O)(=O)[O-])cc1. The summed E-state index contributed by atoms with van der Waals surface area (Å²) in [7, 11) is -6.61. The molecule has 0 aliphatic carbocycles. The number of hydrogen-bond donors (Lipinski definition) is 2. The van der Waals surface area contributed by atoms with Crippen LogP contribution in [0.15, 0.2) is 165 Å². The van der Waals surface area contributed by atoms with Gasteiger partial charge in [0.05, 0.1) is 57.0 Å². The number of oxazole rings is 1. The van der Waals surface area contributed by atoms with Crippen molar-refractivity contribution in [3.05, 3.63) is 169 Å². The van der Waals surface area contributed by atoms with Crippen LogP contribution in [-0.4, -0.2) is 138 Å². The minimum Gasteiger partial charge on any atom is -0.744 e. The second-order valence-corrected chi connectivity index (χ2v) is 35.9. The van der Waals surface area contributed by atoms with Crippen LogP contribution in [0.1, 0.15) is 56.6 Å². The van der Waals surface area contributed by atoms with Gasteiger partial charge in [0, 0.05) is 89.8 Å². The zero-order valence-electron chi connectivity index (χ0n) is 60.1. The van der Waals surface area contributed by atoms with Crippen LogP contribution in [0, 0.1) is 13.8 Å². The molecule has 20 nitrogen and oxygen atoms in total. The number of allylic oxidation sites excluding steroid dienone is 3. The van der Waals surface area contributed by atoms with Crippen molar-refractivity contribution in [1.29, 1.82) is 0 Å². The molecule has 2 N–H and O–H groups in total. The average molecular weight is 1660 g/mol. The molecular weight excluding hydrogens is 1580 g/mol. The van der Waals surface area contributed by atoms with E-state index >= 15 is 0 Å². The molecule has 0 saturated heterocycles. The van der Waals surface area contributed by atoms with Crippen molar-refractivity contribution in [2.75, 3.05) is 82.1 Å². The summed E-state index contributed by atoms with van der Waals surface area (Å²) in [6.45, 7) is 16.8. The summed E-state index contributed by atoms with van der Waals surface area (Å²) in [6.07, 6.45) is 22.5. The van der Waals surface area contributed by atoms with E-state index in [2.05, 4.69) is 92.2 Å². The van der Waals surface area contributed by atoms with E-state index < -0.39 is 38.3 Å². The van der Waals surface area contributed by atoms with Gasteiger partial charge in [0.25, 0.3) is 21.6 Å². The quantitative estimate of drug-likeness (QED) is 0.0261. The summed E-state index contributed by atoms with van der Waals surface area (Å²) in [5, 5.41) is 22.7. The second kappa shape index (κ2) is 38.3. The lowest BCUT2D eigenvalue weighted by Crippen LogP contribution is -2.38. The van der Waals surface area contributed by atoms with Crippen molar-refractivity contribution in [2.45, 2.75) is 125 Å². The predicted molar refractivity (Wildman–Crippen MR) is 436 cm³/mol. The molecule has 0 amide bonds. The fourth-order valence-electron chi connectivity index (χ4n) is 11.0. The number of carboxylic acid groups (broad SMARTS) is 1. The molecule has 0 radical (unpaired) electrons. The highest BCUT2D eigenvalue weighted by molar-refractivity contribution is 8.08. The Morgan fingerprint density at radius 1 is 0.654 bits per heavy atom. The fraction of sp³-hybridized carbons (Fsp3) is 0.338. The van der Waals surface area contributed by atoms with E-state index in [-0.39, 0.29) is 41.7 Å². The number of hydrogen-bond acceptors (Lipinski definition) is 25. The highest BCUT2D eigenvalue weighted by Gasteiger charge is 2.31. The minimum absolute atomic E-state index is 0.0894. The number of aromatic nitrogens is 5. The molecular formula is C71H83N7O13S13. The van der Waals surface area contributed by atoms with Gasteiger partial charge >= 0.3 is 11.9 Å². The van der Waals surface area contributed by atoms with Crippen LogP contribution in [0.2, 0.25) is 0 Å². The number of thiazole rings is 2. The Kier molecular flexibility index (Phi) is 31.1. The molecule has 0 bridgehead atoms. The van der Waals surface area contributed by atoms with E-state index in [0.717, 1.165) is 69.1 Å². The average Bonchev–Trinajstić information content (AvgIpc) is 1.57. The van der Waals surface area contributed by atoms with Crippen molar-refractivity contribution >= 4 is 205 Å². The molecule has 4 aromatic heterocycles. The molecule has 558 valence electrons. The van der Waals surface area contributed by atoms with Gasteiger partial charge in [-0.05, 0) is 147 Å². The fourth-order valence-corrected chi connectivity index (χ4v) is 21.7. The first-order valence-electron chi connectivity index (χ1n) is 32.2. The van der Waals surface area contributed by atoms with E-state index in [0.29, 0.717) is 39.8 Å². The number of benzene rings is 5. The highest BCUT2D eigenvalue weighted by atomic mass is 32.2. The largest absolute Gasteiger partial charge is 0.744 e. The van der Waals surface area contributed by atoms with Crippen LogP contribution in [0.3, 0.4) is 0 Å². The number of carboxylic acids is 1. The van der Waals surface area contributed by atoms with Gasteiger partial charge in [0.2, 0.25) is 11.1 Å². The third-order valence-corrected chi connectivity index (χ3v) is 28.2. The number of aliphatic hydroxyl groups is 1. The van der Waals surface area contributed by atoms with Crippen LogP contribution in [0.5, 0.6) is 0 Å².